The van der Waals surface area contributed by atoms with Crippen LogP contribution in [0.1, 0.15) is 43.5 Å². The van der Waals surface area contributed by atoms with E-state index in [1.165, 1.54) is 19.3 Å². The third-order valence-corrected chi connectivity index (χ3v) is 3.96. The molecule has 1 amide bonds. The van der Waals surface area contributed by atoms with Crippen LogP contribution in [-0.4, -0.2) is 25.5 Å². The van der Waals surface area contributed by atoms with Crippen molar-refractivity contribution in [2.75, 3.05) is 30.3 Å². The Hall–Kier alpha value is -1.71. The van der Waals surface area contributed by atoms with Gasteiger partial charge in [0.05, 0.1) is 11.3 Å². The number of nitrogens with one attached hydrogen (secondary N) is 1. The lowest BCUT2D eigenvalue weighted by molar-refractivity contribution is 0.0956. The topological polar surface area (TPSA) is 58.4 Å². The standard InChI is InChI=1S/C16H25N3O/c1-3-18-16(20)14-7-6-13(17)11-15(14)19-9-4-5-12(2)8-10-19/h6-7,11-12H,3-5,8-10,17H2,1-2H3,(H,18,20). The number of nitrogens with two attached hydrogens (primary N) is 1. The summed E-state index contributed by atoms with van der Waals surface area (Å²) in [4.78, 5) is 14.5. The highest BCUT2D eigenvalue weighted by Gasteiger charge is 2.19. The first kappa shape index (κ1) is 14.7. The van der Waals surface area contributed by atoms with Crippen molar-refractivity contribution in [3.05, 3.63) is 23.8 Å². The molecule has 1 aromatic rings. The van der Waals surface area contributed by atoms with Crippen LogP contribution in [0.2, 0.25) is 0 Å². The molecule has 110 valence electrons. The number of rotatable bonds is 3. The van der Waals surface area contributed by atoms with Crippen molar-refractivity contribution in [1.29, 1.82) is 0 Å². The van der Waals surface area contributed by atoms with E-state index in [4.69, 9.17) is 5.73 Å². The van der Waals surface area contributed by atoms with Gasteiger partial charge in [0, 0.05) is 25.3 Å². The summed E-state index contributed by atoms with van der Waals surface area (Å²) < 4.78 is 0. The SMILES string of the molecule is CCNC(=O)c1ccc(N)cc1N1CCCC(C)CC1. The first-order chi connectivity index (χ1) is 9.61. The van der Waals surface area contributed by atoms with Gasteiger partial charge in [-0.3, -0.25) is 4.79 Å². The van der Waals surface area contributed by atoms with E-state index in [1.807, 2.05) is 19.1 Å². The number of anilines is 2. The van der Waals surface area contributed by atoms with Crippen LogP contribution >= 0.6 is 0 Å². The number of nitrogen functional groups attached to an aromatic ring is 1. The van der Waals surface area contributed by atoms with E-state index in [2.05, 4.69) is 17.1 Å². The molecular formula is C16H25N3O. The molecule has 1 heterocycles. The molecule has 4 nitrogen and oxygen atoms in total. The van der Waals surface area contributed by atoms with Gasteiger partial charge in [-0.25, -0.2) is 0 Å². The first-order valence-corrected chi connectivity index (χ1v) is 7.54. The highest BCUT2D eigenvalue weighted by molar-refractivity contribution is 6.00. The Labute approximate surface area is 121 Å². The van der Waals surface area contributed by atoms with Crippen molar-refractivity contribution < 1.29 is 4.79 Å². The van der Waals surface area contributed by atoms with Gasteiger partial charge in [0.25, 0.3) is 5.91 Å². The fourth-order valence-corrected chi connectivity index (χ4v) is 2.76. The number of carbonyl (C=O) groups is 1. The summed E-state index contributed by atoms with van der Waals surface area (Å²) in [5.74, 6) is 0.744. The molecule has 1 atom stereocenters. The minimum atomic E-state index is -0.0141. The summed E-state index contributed by atoms with van der Waals surface area (Å²) in [6.07, 6.45) is 3.60. The van der Waals surface area contributed by atoms with Gasteiger partial charge < -0.3 is 16.0 Å². The molecule has 0 bridgehead atoms. The normalized spacial score (nSPS) is 19.5. The zero-order valence-electron chi connectivity index (χ0n) is 12.5. The molecular weight excluding hydrogens is 250 g/mol. The van der Waals surface area contributed by atoms with Crippen LogP contribution in [-0.2, 0) is 0 Å². The minimum Gasteiger partial charge on any atom is -0.399 e. The van der Waals surface area contributed by atoms with Gasteiger partial charge in [-0.1, -0.05) is 6.92 Å². The van der Waals surface area contributed by atoms with Crippen molar-refractivity contribution in [3.63, 3.8) is 0 Å². The Morgan fingerprint density at radius 2 is 2.20 bits per heavy atom. The highest BCUT2D eigenvalue weighted by Crippen LogP contribution is 2.27. The van der Waals surface area contributed by atoms with Gasteiger partial charge in [-0.15, -0.1) is 0 Å². The lowest BCUT2D eigenvalue weighted by Gasteiger charge is -2.25. The third-order valence-electron chi connectivity index (χ3n) is 3.96. The summed E-state index contributed by atoms with van der Waals surface area (Å²) in [6.45, 7) is 6.87. The Kier molecular flexibility index (Phi) is 4.88. The lowest BCUT2D eigenvalue weighted by atomic mass is 10.0. The highest BCUT2D eigenvalue weighted by atomic mass is 16.1. The van der Waals surface area contributed by atoms with Crippen LogP contribution < -0.4 is 16.0 Å². The second kappa shape index (κ2) is 6.64. The molecule has 2 rings (SSSR count). The zero-order chi connectivity index (χ0) is 14.5. The van der Waals surface area contributed by atoms with Gasteiger partial charge >= 0.3 is 0 Å². The van der Waals surface area contributed by atoms with E-state index < -0.39 is 0 Å². The average molecular weight is 275 g/mol. The van der Waals surface area contributed by atoms with Gasteiger partial charge in [0.15, 0.2) is 0 Å². The summed E-state index contributed by atoms with van der Waals surface area (Å²) in [6, 6.07) is 5.57. The van der Waals surface area contributed by atoms with Crippen LogP contribution in [0.4, 0.5) is 11.4 Å². The maximum Gasteiger partial charge on any atom is 0.253 e. The predicted molar refractivity (Wildman–Crippen MR) is 84.1 cm³/mol. The molecule has 1 aliphatic rings. The average Bonchev–Trinajstić information content (AvgIpc) is 2.63. The quantitative estimate of drug-likeness (QED) is 0.834. The maximum atomic E-state index is 12.2. The predicted octanol–water partition coefficient (Wildman–Crippen LogP) is 2.64. The van der Waals surface area contributed by atoms with Gasteiger partial charge in [-0.2, -0.15) is 0 Å². The zero-order valence-corrected chi connectivity index (χ0v) is 12.5. The molecule has 0 aliphatic carbocycles. The number of benzene rings is 1. The Morgan fingerprint density at radius 1 is 1.40 bits per heavy atom. The fraction of sp³-hybridized carbons (Fsp3) is 0.562. The minimum absolute atomic E-state index is 0.0141. The van der Waals surface area contributed by atoms with Crippen LogP contribution in [0.3, 0.4) is 0 Å². The summed E-state index contributed by atoms with van der Waals surface area (Å²) in [7, 11) is 0. The number of nitrogens with zero attached hydrogens (tertiary/aromatic N) is 1. The van der Waals surface area contributed by atoms with Crippen LogP contribution in [0.5, 0.6) is 0 Å². The van der Waals surface area contributed by atoms with Crippen molar-refractivity contribution in [1.82, 2.24) is 5.32 Å². The number of hydrogen-bond acceptors (Lipinski definition) is 3. The molecule has 0 saturated carbocycles. The summed E-state index contributed by atoms with van der Waals surface area (Å²) in [5.41, 5.74) is 8.34. The van der Waals surface area contributed by atoms with Crippen LogP contribution in [0, 0.1) is 5.92 Å². The largest absolute Gasteiger partial charge is 0.399 e. The van der Waals surface area contributed by atoms with E-state index in [1.54, 1.807) is 6.07 Å². The first-order valence-electron chi connectivity index (χ1n) is 7.54. The van der Waals surface area contributed by atoms with E-state index in [0.717, 1.165) is 30.3 Å². The van der Waals surface area contributed by atoms with Crippen LogP contribution in [0.15, 0.2) is 18.2 Å². The van der Waals surface area contributed by atoms with Gasteiger partial charge in [0.1, 0.15) is 0 Å². The third kappa shape index (κ3) is 3.44. The Balaban J connectivity index is 2.28. The van der Waals surface area contributed by atoms with E-state index in [9.17, 15) is 4.79 Å². The molecule has 1 fully saturated rings. The lowest BCUT2D eigenvalue weighted by Crippen LogP contribution is -2.29. The second-order valence-electron chi connectivity index (χ2n) is 5.66. The molecule has 0 radical (unpaired) electrons. The van der Waals surface area contributed by atoms with Crippen LogP contribution in [0.25, 0.3) is 0 Å². The molecule has 1 aromatic carbocycles. The smallest absolute Gasteiger partial charge is 0.253 e. The van der Waals surface area contributed by atoms with Crippen molar-refractivity contribution in [2.45, 2.75) is 33.1 Å². The number of hydrogen-bond donors (Lipinski definition) is 2. The molecule has 20 heavy (non-hydrogen) atoms. The van der Waals surface area contributed by atoms with Gasteiger partial charge in [0.2, 0.25) is 0 Å². The second-order valence-corrected chi connectivity index (χ2v) is 5.66. The van der Waals surface area contributed by atoms with Gasteiger partial charge in [-0.05, 0) is 50.3 Å². The summed E-state index contributed by atoms with van der Waals surface area (Å²) >= 11 is 0. The molecule has 1 saturated heterocycles. The van der Waals surface area contributed by atoms with Crippen molar-refractivity contribution in [2.24, 2.45) is 5.92 Å². The molecule has 4 heteroatoms. The van der Waals surface area contributed by atoms with Crippen molar-refractivity contribution >= 4 is 17.3 Å². The fourth-order valence-electron chi connectivity index (χ4n) is 2.76. The molecule has 1 unspecified atom stereocenters. The van der Waals surface area contributed by atoms with Crippen molar-refractivity contribution in [3.8, 4) is 0 Å². The summed E-state index contributed by atoms with van der Waals surface area (Å²) in [5, 5.41) is 2.88. The number of amides is 1. The monoisotopic (exact) mass is 275 g/mol. The molecule has 3 N–H and O–H groups in total. The maximum absolute atomic E-state index is 12.2. The van der Waals surface area contributed by atoms with E-state index in [-0.39, 0.29) is 5.91 Å². The Bertz CT molecular complexity index is 473. The van der Waals surface area contributed by atoms with E-state index >= 15 is 0 Å². The Morgan fingerprint density at radius 3 is 2.95 bits per heavy atom. The van der Waals surface area contributed by atoms with E-state index in [0.29, 0.717) is 12.2 Å². The molecule has 1 aliphatic heterocycles. The molecule has 0 aromatic heterocycles. The number of carbonyl (C=O) groups excluding carboxylic acids is 1. The molecule has 0 spiro atoms.